The summed E-state index contributed by atoms with van der Waals surface area (Å²) >= 11 is 3.07. The summed E-state index contributed by atoms with van der Waals surface area (Å²) in [5.74, 6) is 0.460. The lowest BCUT2D eigenvalue weighted by Crippen LogP contribution is -2.44. The molecule has 2 aromatic carbocycles. The van der Waals surface area contributed by atoms with Crippen LogP contribution in [0, 0.1) is 5.82 Å². The summed E-state index contributed by atoms with van der Waals surface area (Å²) in [4.78, 5) is 27.3. The van der Waals surface area contributed by atoms with Gasteiger partial charge in [-0.25, -0.2) is 4.39 Å². The molecule has 9 heteroatoms. The molecular formula is C23H20BrFN2O5. The number of nitrogens with zero attached hydrogens (tertiary/aromatic N) is 1. The second-order valence-corrected chi connectivity index (χ2v) is 8.80. The topological polar surface area (TPSA) is 81.0 Å². The zero-order valence-electron chi connectivity index (χ0n) is 17.0. The molecule has 1 N–H and O–H groups in total. The molecule has 0 spiro atoms. The van der Waals surface area contributed by atoms with Crippen LogP contribution in [0.25, 0.3) is 11.0 Å². The molecule has 5 rings (SSSR count). The molecule has 0 atom stereocenters. The maximum Gasteiger partial charge on any atom is 0.287 e. The predicted octanol–water partition coefficient (Wildman–Crippen LogP) is 3.82. The quantitative estimate of drug-likeness (QED) is 0.584. The Morgan fingerprint density at radius 3 is 2.72 bits per heavy atom. The summed E-state index contributed by atoms with van der Waals surface area (Å²) in [6.45, 7) is 2.71. The van der Waals surface area contributed by atoms with Gasteiger partial charge in [0.1, 0.15) is 11.4 Å². The van der Waals surface area contributed by atoms with Gasteiger partial charge in [-0.05, 0) is 58.6 Å². The monoisotopic (exact) mass is 502 g/mol. The van der Waals surface area contributed by atoms with Gasteiger partial charge < -0.3 is 19.2 Å². The molecular weight excluding hydrogens is 483 g/mol. The Morgan fingerprint density at radius 2 is 1.91 bits per heavy atom. The Morgan fingerprint density at radius 1 is 1.12 bits per heavy atom. The van der Waals surface area contributed by atoms with Crippen molar-refractivity contribution in [2.75, 3.05) is 19.9 Å². The second kappa shape index (κ2) is 8.55. The number of nitrogens with one attached hydrogen (secondary N) is 1. The van der Waals surface area contributed by atoms with E-state index in [0.29, 0.717) is 0 Å². The van der Waals surface area contributed by atoms with Gasteiger partial charge in [-0.1, -0.05) is 6.07 Å². The number of halogens is 2. The minimum Gasteiger partial charge on any atom is -0.454 e. The van der Waals surface area contributed by atoms with Gasteiger partial charge in [-0.3, -0.25) is 14.5 Å². The molecule has 2 aliphatic rings. The number of carbonyl (C=O) groups is 1. The largest absolute Gasteiger partial charge is 0.454 e. The number of amides is 1. The van der Waals surface area contributed by atoms with E-state index in [1.807, 2.05) is 18.2 Å². The van der Waals surface area contributed by atoms with Gasteiger partial charge in [0.25, 0.3) is 5.91 Å². The summed E-state index contributed by atoms with van der Waals surface area (Å²) in [6.07, 6.45) is 1.57. The van der Waals surface area contributed by atoms with Crippen molar-refractivity contribution in [3.63, 3.8) is 0 Å². The molecule has 0 aliphatic carbocycles. The number of ether oxygens (including phenoxy) is 2. The molecule has 1 saturated heterocycles. The van der Waals surface area contributed by atoms with Crippen molar-refractivity contribution in [1.29, 1.82) is 0 Å². The lowest BCUT2D eigenvalue weighted by atomic mass is 10.0. The van der Waals surface area contributed by atoms with Crippen molar-refractivity contribution in [3.05, 3.63) is 68.2 Å². The molecule has 0 radical (unpaired) electrons. The highest BCUT2D eigenvalue weighted by Crippen LogP contribution is 2.33. The van der Waals surface area contributed by atoms with Gasteiger partial charge in [0.2, 0.25) is 6.79 Å². The second-order valence-electron chi connectivity index (χ2n) is 7.95. The average molecular weight is 503 g/mol. The molecule has 0 unspecified atom stereocenters. The van der Waals surface area contributed by atoms with Gasteiger partial charge in [0.05, 0.1) is 9.86 Å². The van der Waals surface area contributed by atoms with Crippen LogP contribution >= 0.6 is 15.9 Å². The van der Waals surface area contributed by atoms with Crippen molar-refractivity contribution in [1.82, 2.24) is 10.2 Å². The summed E-state index contributed by atoms with van der Waals surface area (Å²) in [5, 5.41) is 3.05. The van der Waals surface area contributed by atoms with Crippen LogP contribution in [0.1, 0.15) is 29.0 Å². The van der Waals surface area contributed by atoms with Crippen LogP contribution in [0.4, 0.5) is 4.39 Å². The first-order chi connectivity index (χ1) is 15.5. The molecule has 1 fully saturated rings. The van der Waals surface area contributed by atoms with E-state index in [2.05, 4.69) is 26.1 Å². The highest BCUT2D eigenvalue weighted by Gasteiger charge is 2.23. The third-order valence-electron chi connectivity index (χ3n) is 5.76. The Bertz CT molecular complexity index is 1250. The van der Waals surface area contributed by atoms with E-state index in [9.17, 15) is 14.0 Å². The average Bonchev–Trinajstić information content (AvgIpc) is 3.24. The first kappa shape index (κ1) is 21.0. The number of carbonyl (C=O) groups excluding carboxylic acids is 1. The zero-order chi connectivity index (χ0) is 22.2. The molecule has 7 nitrogen and oxygen atoms in total. The van der Waals surface area contributed by atoms with Crippen molar-refractivity contribution in [3.8, 4) is 11.5 Å². The van der Waals surface area contributed by atoms with Crippen molar-refractivity contribution in [2.24, 2.45) is 0 Å². The van der Waals surface area contributed by atoms with E-state index in [1.54, 1.807) is 0 Å². The predicted molar refractivity (Wildman–Crippen MR) is 118 cm³/mol. The van der Waals surface area contributed by atoms with Gasteiger partial charge in [0, 0.05) is 31.7 Å². The molecule has 0 saturated carbocycles. The van der Waals surface area contributed by atoms with Crippen LogP contribution < -0.4 is 20.2 Å². The Kier molecular flexibility index (Phi) is 5.60. The lowest BCUT2D eigenvalue weighted by Gasteiger charge is -2.32. The van der Waals surface area contributed by atoms with E-state index < -0.39 is 17.2 Å². The standard InChI is InChI=1S/C23H20BrFN2O5/c24-16-9-20-15(8-17(16)25)18(28)10-22(32-20)23(29)26-14-3-5-27(6-4-14)11-13-1-2-19-21(7-13)31-12-30-19/h1-2,7-10,14H,3-6,11-12H2,(H,26,29). The van der Waals surface area contributed by atoms with Crippen LogP contribution in [-0.4, -0.2) is 36.7 Å². The number of hydrogen-bond acceptors (Lipinski definition) is 6. The summed E-state index contributed by atoms with van der Waals surface area (Å²) < 4.78 is 30.2. The van der Waals surface area contributed by atoms with E-state index >= 15 is 0 Å². The minimum absolute atomic E-state index is 0.0172. The fourth-order valence-electron chi connectivity index (χ4n) is 4.05. The summed E-state index contributed by atoms with van der Waals surface area (Å²) in [7, 11) is 0. The summed E-state index contributed by atoms with van der Waals surface area (Å²) in [5.41, 5.74) is 0.855. The number of benzene rings is 2. The van der Waals surface area contributed by atoms with E-state index in [4.69, 9.17) is 13.9 Å². The minimum atomic E-state index is -0.561. The Labute approximate surface area is 191 Å². The van der Waals surface area contributed by atoms with Gasteiger partial charge >= 0.3 is 0 Å². The molecule has 1 aromatic heterocycles. The fraction of sp³-hybridized carbons (Fsp3) is 0.304. The first-order valence-electron chi connectivity index (χ1n) is 10.3. The van der Waals surface area contributed by atoms with Crippen molar-refractivity contribution in [2.45, 2.75) is 25.4 Å². The van der Waals surface area contributed by atoms with Crippen LogP contribution in [0.5, 0.6) is 11.5 Å². The van der Waals surface area contributed by atoms with Crippen LogP contribution in [0.3, 0.4) is 0 Å². The number of likely N-dealkylation sites (tertiary alicyclic amines) is 1. The lowest BCUT2D eigenvalue weighted by molar-refractivity contribution is 0.0881. The van der Waals surface area contributed by atoms with Crippen LogP contribution in [0.2, 0.25) is 0 Å². The maximum atomic E-state index is 13.7. The number of piperidine rings is 1. The highest BCUT2D eigenvalue weighted by atomic mass is 79.9. The normalized spacial score (nSPS) is 16.4. The van der Waals surface area contributed by atoms with E-state index in [-0.39, 0.29) is 34.0 Å². The molecule has 1 amide bonds. The molecule has 3 aromatic rings. The van der Waals surface area contributed by atoms with E-state index in [0.717, 1.165) is 61.7 Å². The van der Waals surface area contributed by atoms with Crippen molar-refractivity contribution < 1.29 is 23.1 Å². The molecule has 32 heavy (non-hydrogen) atoms. The number of hydrogen-bond donors (Lipinski definition) is 1. The summed E-state index contributed by atoms with van der Waals surface area (Å²) in [6, 6.07) is 9.52. The SMILES string of the molecule is O=C(NC1CCN(Cc2ccc3c(c2)OCO3)CC1)c1cc(=O)c2cc(F)c(Br)cc2o1. The maximum absolute atomic E-state index is 13.7. The smallest absolute Gasteiger partial charge is 0.287 e. The van der Waals surface area contributed by atoms with Gasteiger partial charge in [-0.15, -0.1) is 0 Å². The van der Waals surface area contributed by atoms with Crippen LogP contribution in [0.15, 0.2) is 50.1 Å². The number of fused-ring (bicyclic) bond motifs is 2. The van der Waals surface area contributed by atoms with Gasteiger partial charge in [0.15, 0.2) is 22.7 Å². The van der Waals surface area contributed by atoms with E-state index in [1.165, 1.54) is 6.07 Å². The fourth-order valence-corrected chi connectivity index (χ4v) is 4.37. The molecule has 0 bridgehead atoms. The first-order valence-corrected chi connectivity index (χ1v) is 11.1. The molecule has 166 valence electrons. The molecule has 2 aliphatic heterocycles. The highest BCUT2D eigenvalue weighted by molar-refractivity contribution is 9.10. The van der Waals surface area contributed by atoms with Crippen molar-refractivity contribution >= 4 is 32.8 Å². The zero-order valence-corrected chi connectivity index (χ0v) is 18.6. The third-order valence-corrected chi connectivity index (χ3v) is 6.37. The Balaban J connectivity index is 1.20. The third kappa shape index (κ3) is 4.22. The van der Waals surface area contributed by atoms with Crippen LogP contribution in [-0.2, 0) is 6.54 Å². The Hall–Kier alpha value is -2.91. The number of rotatable bonds is 4. The van der Waals surface area contributed by atoms with Gasteiger partial charge in [-0.2, -0.15) is 0 Å². The molecule has 3 heterocycles.